The lowest BCUT2D eigenvalue weighted by atomic mass is 10.2. The Morgan fingerprint density at radius 2 is 2.33 bits per heavy atom. The number of rotatable bonds is 6. The Bertz CT molecular complexity index is 472. The van der Waals surface area contributed by atoms with Gasteiger partial charge in [0.15, 0.2) is 0 Å². The summed E-state index contributed by atoms with van der Waals surface area (Å²) in [6.07, 6.45) is 3.29. The van der Waals surface area contributed by atoms with E-state index in [9.17, 15) is 0 Å². The van der Waals surface area contributed by atoms with Gasteiger partial charge in [-0.3, -0.25) is 4.98 Å². The lowest BCUT2D eigenvalue weighted by Crippen LogP contribution is -2.11. The molecule has 0 bridgehead atoms. The van der Waals surface area contributed by atoms with Gasteiger partial charge in [-0.2, -0.15) is 4.98 Å². The normalized spacial score (nSPS) is 12.6. The van der Waals surface area contributed by atoms with Crippen LogP contribution in [-0.4, -0.2) is 28.8 Å². The highest BCUT2D eigenvalue weighted by Gasteiger charge is 2.15. The minimum absolute atomic E-state index is 0.259. The zero-order chi connectivity index (χ0) is 12.8. The third-order valence-corrected chi connectivity index (χ3v) is 2.52. The summed E-state index contributed by atoms with van der Waals surface area (Å²) in [5, 5.41) is 3.88. The molecule has 0 aliphatic carbocycles. The van der Waals surface area contributed by atoms with Gasteiger partial charge in [-0.25, -0.2) is 0 Å². The highest BCUT2D eigenvalue weighted by molar-refractivity contribution is 5.47. The fraction of sp³-hybridized carbons (Fsp3) is 0.417. The second-order valence-electron chi connectivity index (χ2n) is 3.91. The van der Waals surface area contributed by atoms with Gasteiger partial charge in [0, 0.05) is 19.9 Å². The largest absolute Gasteiger partial charge is 0.385 e. The molecule has 2 heterocycles. The third-order valence-electron chi connectivity index (χ3n) is 2.52. The number of aromatic nitrogens is 3. The third kappa shape index (κ3) is 3.12. The van der Waals surface area contributed by atoms with Crippen LogP contribution in [0.5, 0.6) is 0 Å². The number of hydrogen-bond donors (Lipinski definition) is 1. The molecule has 96 valence electrons. The summed E-state index contributed by atoms with van der Waals surface area (Å²) in [5.41, 5.74) is 6.63. The predicted octanol–water partition coefficient (Wildman–Crippen LogP) is 1.56. The van der Waals surface area contributed by atoms with Crippen LogP contribution in [0.2, 0.25) is 0 Å². The summed E-state index contributed by atoms with van der Waals surface area (Å²) < 4.78 is 10.1. The summed E-state index contributed by atoms with van der Waals surface area (Å²) in [6.45, 7) is 0.676. The number of nitrogens with zero attached hydrogens (tertiary/aromatic N) is 3. The first-order chi connectivity index (χ1) is 8.81. The van der Waals surface area contributed by atoms with Crippen LogP contribution in [-0.2, 0) is 4.74 Å². The Morgan fingerprint density at radius 3 is 3.06 bits per heavy atom. The number of nitrogens with two attached hydrogens (primary N) is 1. The highest BCUT2D eigenvalue weighted by atomic mass is 16.5. The molecule has 1 atom stereocenters. The average Bonchev–Trinajstić information content (AvgIpc) is 2.89. The Balaban J connectivity index is 2.02. The topological polar surface area (TPSA) is 87.1 Å². The van der Waals surface area contributed by atoms with E-state index < -0.39 is 0 Å². The number of methoxy groups -OCH3 is 1. The van der Waals surface area contributed by atoms with Gasteiger partial charge in [0.05, 0.1) is 6.04 Å². The van der Waals surface area contributed by atoms with Crippen molar-refractivity contribution in [3.63, 3.8) is 0 Å². The van der Waals surface area contributed by atoms with Crippen molar-refractivity contribution in [1.29, 1.82) is 0 Å². The van der Waals surface area contributed by atoms with Crippen molar-refractivity contribution in [2.45, 2.75) is 18.9 Å². The number of hydrogen-bond acceptors (Lipinski definition) is 6. The zero-order valence-corrected chi connectivity index (χ0v) is 10.2. The molecule has 0 aromatic carbocycles. The van der Waals surface area contributed by atoms with Gasteiger partial charge in [-0.1, -0.05) is 11.2 Å². The van der Waals surface area contributed by atoms with Crippen molar-refractivity contribution in [3.8, 4) is 11.5 Å². The van der Waals surface area contributed by atoms with E-state index in [1.54, 1.807) is 13.3 Å². The lowest BCUT2D eigenvalue weighted by molar-refractivity contribution is 0.188. The second-order valence-corrected chi connectivity index (χ2v) is 3.91. The van der Waals surface area contributed by atoms with Crippen LogP contribution in [0, 0.1) is 0 Å². The van der Waals surface area contributed by atoms with Crippen molar-refractivity contribution in [2.75, 3.05) is 13.7 Å². The zero-order valence-electron chi connectivity index (χ0n) is 10.2. The first-order valence-corrected chi connectivity index (χ1v) is 5.81. The highest BCUT2D eigenvalue weighted by Crippen LogP contribution is 2.18. The maximum atomic E-state index is 5.95. The monoisotopic (exact) mass is 248 g/mol. The Hall–Kier alpha value is -1.79. The molecule has 2 rings (SSSR count). The number of ether oxygens (including phenoxy) is 1. The van der Waals surface area contributed by atoms with Crippen molar-refractivity contribution in [1.82, 2.24) is 15.1 Å². The molecule has 2 aromatic heterocycles. The summed E-state index contributed by atoms with van der Waals surface area (Å²) >= 11 is 0. The van der Waals surface area contributed by atoms with Gasteiger partial charge in [0.1, 0.15) is 5.69 Å². The summed E-state index contributed by atoms with van der Waals surface area (Å²) in [6, 6.07) is 5.27. The molecule has 0 fully saturated rings. The smallest absolute Gasteiger partial charge is 0.243 e. The van der Waals surface area contributed by atoms with E-state index in [0.29, 0.717) is 24.0 Å². The molecule has 0 aliphatic rings. The molecule has 0 saturated carbocycles. The molecule has 6 heteroatoms. The van der Waals surface area contributed by atoms with E-state index in [1.807, 2.05) is 18.2 Å². The summed E-state index contributed by atoms with van der Waals surface area (Å²) in [7, 11) is 1.66. The molecular formula is C12H16N4O2. The van der Waals surface area contributed by atoms with Gasteiger partial charge in [-0.15, -0.1) is 0 Å². The maximum absolute atomic E-state index is 5.95. The number of pyridine rings is 1. The Morgan fingerprint density at radius 1 is 1.44 bits per heavy atom. The minimum Gasteiger partial charge on any atom is -0.385 e. The molecule has 0 radical (unpaired) electrons. The van der Waals surface area contributed by atoms with Crippen molar-refractivity contribution < 1.29 is 9.26 Å². The molecule has 0 aliphatic heterocycles. The standard InChI is InChI=1S/C12H16N4O2/c1-17-8-4-5-9(13)12-15-11(16-18-12)10-6-2-3-7-14-10/h2-3,6-7,9H,4-5,8,13H2,1H3. The van der Waals surface area contributed by atoms with E-state index in [1.165, 1.54) is 0 Å². The van der Waals surface area contributed by atoms with Crippen molar-refractivity contribution in [3.05, 3.63) is 30.3 Å². The van der Waals surface area contributed by atoms with Gasteiger partial charge in [0.25, 0.3) is 0 Å². The molecule has 0 saturated heterocycles. The molecule has 0 amide bonds. The molecule has 2 N–H and O–H groups in total. The van der Waals surface area contributed by atoms with E-state index in [2.05, 4.69) is 15.1 Å². The van der Waals surface area contributed by atoms with Crippen LogP contribution in [0.3, 0.4) is 0 Å². The molecule has 2 aromatic rings. The van der Waals surface area contributed by atoms with E-state index in [4.69, 9.17) is 15.0 Å². The predicted molar refractivity (Wildman–Crippen MR) is 65.6 cm³/mol. The van der Waals surface area contributed by atoms with Crippen molar-refractivity contribution in [2.24, 2.45) is 5.73 Å². The van der Waals surface area contributed by atoms with Crippen molar-refractivity contribution >= 4 is 0 Å². The van der Waals surface area contributed by atoms with Gasteiger partial charge in [-0.05, 0) is 25.0 Å². The van der Waals surface area contributed by atoms with Crippen LogP contribution in [0.15, 0.2) is 28.9 Å². The quantitative estimate of drug-likeness (QED) is 0.780. The molecule has 1 unspecified atom stereocenters. The van der Waals surface area contributed by atoms with E-state index in [-0.39, 0.29) is 6.04 Å². The summed E-state index contributed by atoms with van der Waals surface area (Å²) in [4.78, 5) is 8.40. The van der Waals surface area contributed by atoms with Crippen LogP contribution < -0.4 is 5.73 Å². The SMILES string of the molecule is COCCCC(N)c1nc(-c2ccccn2)no1. The first kappa shape index (κ1) is 12.7. The molecular weight excluding hydrogens is 232 g/mol. The minimum atomic E-state index is -0.259. The van der Waals surface area contributed by atoms with Crippen LogP contribution in [0.1, 0.15) is 24.8 Å². The molecule has 18 heavy (non-hydrogen) atoms. The second kappa shape index (κ2) is 6.23. The first-order valence-electron chi connectivity index (χ1n) is 5.81. The molecule has 6 nitrogen and oxygen atoms in total. The van der Waals surface area contributed by atoms with Gasteiger partial charge < -0.3 is 15.0 Å². The fourth-order valence-corrected chi connectivity index (χ4v) is 1.56. The van der Waals surface area contributed by atoms with E-state index in [0.717, 1.165) is 12.8 Å². The average molecular weight is 248 g/mol. The van der Waals surface area contributed by atoms with E-state index >= 15 is 0 Å². The Kier molecular flexibility index (Phi) is 4.38. The molecule has 0 spiro atoms. The van der Waals surface area contributed by atoms with Crippen LogP contribution in [0.4, 0.5) is 0 Å². The summed E-state index contributed by atoms with van der Waals surface area (Å²) in [5.74, 6) is 0.902. The lowest BCUT2D eigenvalue weighted by Gasteiger charge is -2.04. The van der Waals surface area contributed by atoms with Gasteiger partial charge >= 0.3 is 0 Å². The fourth-order valence-electron chi connectivity index (χ4n) is 1.56. The Labute approximate surface area is 105 Å². The van der Waals surface area contributed by atoms with Crippen LogP contribution in [0.25, 0.3) is 11.5 Å². The van der Waals surface area contributed by atoms with Crippen LogP contribution >= 0.6 is 0 Å². The maximum Gasteiger partial charge on any atom is 0.243 e. The van der Waals surface area contributed by atoms with Gasteiger partial charge in [0.2, 0.25) is 11.7 Å².